The van der Waals surface area contributed by atoms with Crippen LogP contribution in [0.1, 0.15) is 23.7 Å². The Morgan fingerprint density at radius 2 is 2.28 bits per heavy atom. The molecule has 2 unspecified atom stereocenters. The number of aliphatic hydroxyl groups is 1. The minimum Gasteiger partial charge on any atom is -0.393 e. The van der Waals surface area contributed by atoms with E-state index in [9.17, 15) is 9.90 Å². The van der Waals surface area contributed by atoms with E-state index in [-0.39, 0.29) is 17.9 Å². The van der Waals surface area contributed by atoms with E-state index in [4.69, 9.17) is 11.6 Å². The number of halogens is 1. The Hall–Kier alpha value is -0.710. The van der Waals surface area contributed by atoms with Gasteiger partial charge in [0, 0.05) is 18.0 Å². The van der Waals surface area contributed by atoms with Crippen LogP contribution in [0.4, 0.5) is 0 Å². The Bertz CT molecular complexity index is 466. The number of aliphatic hydroxyl groups excluding tert-OH is 1. The third kappa shape index (κ3) is 2.82. The molecule has 1 amide bonds. The van der Waals surface area contributed by atoms with Crippen molar-refractivity contribution in [3.05, 3.63) is 28.8 Å². The van der Waals surface area contributed by atoms with Crippen LogP contribution in [0.2, 0.25) is 5.02 Å². The van der Waals surface area contributed by atoms with Crippen LogP contribution in [0, 0.1) is 5.92 Å². The summed E-state index contributed by atoms with van der Waals surface area (Å²) in [6, 6.07) is 5.12. The summed E-state index contributed by atoms with van der Waals surface area (Å²) in [5, 5.41) is 10.1. The topological polar surface area (TPSA) is 40.5 Å². The molecule has 0 aromatic heterocycles. The monoisotopic (exact) mass is 285 g/mol. The Morgan fingerprint density at radius 1 is 1.56 bits per heavy atom. The minimum absolute atomic E-state index is 0.0883. The van der Waals surface area contributed by atoms with Crippen LogP contribution in [-0.4, -0.2) is 35.1 Å². The summed E-state index contributed by atoms with van der Waals surface area (Å²) in [6.07, 6.45) is 0.297. The molecule has 1 heterocycles. The number of amides is 1. The second-order valence-electron chi connectivity index (χ2n) is 4.75. The van der Waals surface area contributed by atoms with Gasteiger partial charge in [-0.2, -0.15) is 0 Å². The maximum absolute atomic E-state index is 12.4. The molecular weight excluding hydrogens is 270 g/mol. The van der Waals surface area contributed by atoms with Gasteiger partial charge in [0.05, 0.1) is 16.7 Å². The van der Waals surface area contributed by atoms with E-state index in [0.29, 0.717) is 35.0 Å². The normalized spacial score (nSPS) is 24.1. The van der Waals surface area contributed by atoms with Gasteiger partial charge in [0.15, 0.2) is 0 Å². The van der Waals surface area contributed by atoms with E-state index < -0.39 is 0 Å². The first-order chi connectivity index (χ1) is 8.49. The van der Waals surface area contributed by atoms with E-state index in [1.54, 1.807) is 23.1 Å². The number of hydrogen-bond acceptors (Lipinski definition) is 3. The Labute approximate surface area is 117 Å². The van der Waals surface area contributed by atoms with E-state index in [1.807, 2.05) is 6.92 Å². The third-order valence-electron chi connectivity index (χ3n) is 3.33. The number of likely N-dealkylation sites (tertiary alicyclic amines) is 1. The highest BCUT2D eigenvalue weighted by Crippen LogP contribution is 2.24. The van der Waals surface area contributed by atoms with Gasteiger partial charge in [-0.15, -0.1) is 12.6 Å². The van der Waals surface area contributed by atoms with Gasteiger partial charge in [-0.3, -0.25) is 4.79 Å². The van der Waals surface area contributed by atoms with Gasteiger partial charge in [0.2, 0.25) is 0 Å². The quantitative estimate of drug-likeness (QED) is 0.778. The summed E-state index contributed by atoms with van der Waals surface area (Å²) in [4.78, 5) is 14.8. The molecule has 2 atom stereocenters. The first-order valence-corrected chi connectivity index (χ1v) is 6.77. The van der Waals surface area contributed by atoms with E-state index in [2.05, 4.69) is 12.6 Å². The van der Waals surface area contributed by atoms with Crippen LogP contribution in [0.5, 0.6) is 0 Å². The van der Waals surface area contributed by atoms with Crippen molar-refractivity contribution >= 4 is 30.1 Å². The fraction of sp³-hybridized carbons (Fsp3) is 0.462. The lowest BCUT2D eigenvalue weighted by Gasteiger charge is -2.34. The molecule has 1 saturated heterocycles. The molecule has 18 heavy (non-hydrogen) atoms. The molecule has 3 nitrogen and oxygen atoms in total. The highest BCUT2D eigenvalue weighted by atomic mass is 35.5. The van der Waals surface area contributed by atoms with Gasteiger partial charge in [0.1, 0.15) is 0 Å². The zero-order chi connectivity index (χ0) is 13.3. The Kier molecular flexibility index (Phi) is 4.20. The second kappa shape index (κ2) is 5.51. The molecule has 1 aromatic carbocycles. The number of rotatable bonds is 1. The van der Waals surface area contributed by atoms with Crippen molar-refractivity contribution < 1.29 is 9.90 Å². The maximum Gasteiger partial charge on any atom is 0.255 e. The molecule has 0 saturated carbocycles. The largest absolute Gasteiger partial charge is 0.393 e. The van der Waals surface area contributed by atoms with Crippen molar-refractivity contribution in [3.63, 3.8) is 0 Å². The predicted molar refractivity (Wildman–Crippen MR) is 74.4 cm³/mol. The number of hydrogen-bond donors (Lipinski definition) is 2. The van der Waals surface area contributed by atoms with Crippen molar-refractivity contribution in [1.82, 2.24) is 4.90 Å². The van der Waals surface area contributed by atoms with Crippen LogP contribution in [0.3, 0.4) is 0 Å². The molecule has 2 rings (SSSR count). The Balaban J connectivity index is 2.19. The lowest BCUT2D eigenvalue weighted by molar-refractivity contribution is 0.0297. The van der Waals surface area contributed by atoms with Crippen molar-refractivity contribution in [2.24, 2.45) is 5.92 Å². The minimum atomic E-state index is -0.319. The van der Waals surface area contributed by atoms with Crippen LogP contribution < -0.4 is 0 Å². The standard InChI is InChI=1S/C13H16ClNO2S/c1-8-7-15(5-4-12(8)16)13(17)10-6-9(18)2-3-11(10)14/h2-3,6,8,12,16,18H,4-5,7H2,1H3. The highest BCUT2D eigenvalue weighted by molar-refractivity contribution is 7.80. The SMILES string of the molecule is CC1CN(C(=O)c2cc(S)ccc2Cl)CCC1O. The highest BCUT2D eigenvalue weighted by Gasteiger charge is 2.28. The first kappa shape index (κ1) is 13.7. The molecule has 0 radical (unpaired) electrons. The van der Waals surface area contributed by atoms with Gasteiger partial charge in [-0.25, -0.2) is 0 Å². The lowest BCUT2D eigenvalue weighted by atomic mass is 9.96. The average molecular weight is 286 g/mol. The number of thiol groups is 1. The number of piperidine rings is 1. The number of nitrogens with zero attached hydrogens (tertiary/aromatic N) is 1. The van der Waals surface area contributed by atoms with E-state index in [0.717, 1.165) is 0 Å². The summed E-state index contributed by atoms with van der Waals surface area (Å²) in [6.45, 7) is 3.07. The third-order valence-corrected chi connectivity index (χ3v) is 3.94. The molecule has 0 bridgehead atoms. The van der Waals surface area contributed by atoms with Gasteiger partial charge >= 0.3 is 0 Å². The van der Waals surface area contributed by atoms with Gasteiger partial charge in [-0.1, -0.05) is 18.5 Å². The van der Waals surface area contributed by atoms with E-state index >= 15 is 0 Å². The van der Waals surface area contributed by atoms with Gasteiger partial charge < -0.3 is 10.0 Å². The van der Waals surface area contributed by atoms with Gasteiger partial charge in [-0.05, 0) is 30.5 Å². The second-order valence-corrected chi connectivity index (χ2v) is 5.67. The van der Waals surface area contributed by atoms with Crippen LogP contribution >= 0.6 is 24.2 Å². The zero-order valence-electron chi connectivity index (χ0n) is 10.1. The Morgan fingerprint density at radius 3 is 2.94 bits per heavy atom. The summed E-state index contributed by atoms with van der Waals surface area (Å²) in [7, 11) is 0. The predicted octanol–water partition coefficient (Wildman–Crippen LogP) is 2.47. The van der Waals surface area contributed by atoms with Crippen LogP contribution in [0.25, 0.3) is 0 Å². The molecule has 1 aromatic rings. The van der Waals surface area contributed by atoms with Crippen LogP contribution in [-0.2, 0) is 0 Å². The molecular formula is C13H16ClNO2S. The van der Waals surface area contributed by atoms with Crippen molar-refractivity contribution in [1.29, 1.82) is 0 Å². The maximum atomic E-state index is 12.4. The van der Waals surface area contributed by atoms with Crippen LogP contribution in [0.15, 0.2) is 23.1 Å². The van der Waals surface area contributed by atoms with Crippen molar-refractivity contribution in [3.8, 4) is 0 Å². The first-order valence-electron chi connectivity index (χ1n) is 5.95. The zero-order valence-corrected chi connectivity index (χ0v) is 11.8. The molecule has 1 fully saturated rings. The molecule has 5 heteroatoms. The smallest absolute Gasteiger partial charge is 0.255 e. The van der Waals surface area contributed by atoms with Gasteiger partial charge in [0.25, 0.3) is 5.91 Å². The molecule has 98 valence electrons. The molecule has 0 aliphatic carbocycles. The summed E-state index contributed by atoms with van der Waals surface area (Å²) < 4.78 is 0. The number of carbonyl (C=O) groups excluding carboxylic acids is 1. The van der Waals surface area contributed by atoms with Crippen molar-refractivity contribution in [2.45, 2.75) is 24.3 Å². The average Bonchev–Trinajstić information content (AvgIpc) is 2.35. The van der Waals surface area contributed by atoms with Crippen molar-refractivity contribution in [2.75, 3.05) is 13.1 Å². The summed E-state index contributed by atoms with van der Waals surface area (Å²) in [5.74, 6) is 0.00955. The molecule has 0 spiro atoms. The fourth-order valence-corrected chi connectivity index (χ4v) is 2.57. The fourth-order valence-electron chi connectivity index (χ4n) is 2.17. The summed E-state index contributed by atoms with van der Waals surface area (Å²) in [5.41, 5.74) is 0.479. The van der Waals surface area contributed by atoms with E-state index in [1.165, 1.54) is 0 Å². The number of carbonyl (C=O) groups is 1. The lowest BCUT2D eigenvalue weighted by Crippen LogP contribution is -2.45. The summed E-state index contributed by atoms with van der Waals surface area (Å²) >= 11 is 10.3. The molecule has 1 aliphatic rings. The molecule has 1 N–H and O–H groups in total. The number of benzene rings is 1. The molecule has 1 aliphatic heterocycles.